The molecule has 1 saturated heterocycles. The molecule has 1 aliphatic rings. The summed E-state index contributed by atoms with van der Waals surface area (Å²) < 4.78 is 37.1. The van der Waals surface area contributed by atoms with E-state index < -0.39 is 10.0 Å². The van der Waals surface area contributed by atoms with Crippen LogP contribution in [0.1, 0.15) is 47.3 Å². The predicted molar refractivity (Wildman–Crippen MR) is 117 cm³/mol. The lowest BCUT2D eigenvalue weighted by Crippen LogP contribution is -2.38. The van der Waals surface area contributed by atoms with E-state index in [1.807, 2.05) is 19.9 Å². The lowest BCUT2D eigenvalue weighted by molar-refractivity contribution is 0.0939. The molecule has 0 unspecified atom stereocenters. The van der Waals surface area contributed by atoms with Crippen LogP contribution in [0.5, 0.6) is 11.5 Å². The number of hydrogen-bond acceptors (Lipinski definition) is 5. The van der Waals surface area contributed by atoms with Gasteiger partial charge in [-0.25, -0.2) is 8.42 Å². The molecule has 0 spiro atoms. The Morgan fingerprint density at radius 1 is 1.10 bits per heavy atom. The number of carbonyl (C=O) groups is 1. The first-order chi connectivity index (χ1) is 14.3. The number of amides is 1. The van der Waals surface area contributed by atoms with Crippen molar-refractivity contribution in [2.45, 2.75) is 32.7 Å². The lowest BCUT2D eigenvalue weighted by atomic mass is 10.0. The van der Waals surface area contributed by atoms with E-state index >= 15 is 0 Å². The van der Waals surface area contributed by atoms with E-state index in [1.54, 1.807) is 44.6 Å². The molecular formula is C22H28N2O5S. The number of ether oxygens (including phenoxy) is 2. The van der Waals surface area contributed by atoms with Gasteiger partial charge in [0.2, 0.25) is 10.0 Å². The zero-order chi connectivity index (χ0) is 21.9. The topological polar surface area (TPSA) is 84.9 Å². The predicted octanol–water partition coefficient (Wildman–Crippen LogP) is 3.43. The molecule has 8 heteroatoms. The van der Waals surface area contributed by atoms with Crippen LogP contribution in [0.3, 0.4) is 0 Å². The van der Waals surface area contributed by atoms with Crippen molar-refractivity contribution in [1.29, 1.82) is 0 Å². The van der Waals surface area contributed by atoms with Crippen LogP contribution in [0.4, 0.5) is 5.69 Å². The van der Waals surface area contributed by atoms with Gasteiger partial charge in [-0.15, -0.1) is 0 Å². The summed E-state index contributed by atoms with van der Waals surface area (Å²) in [6.45, 7) is 4.15. The van der Waals surface area contributed by atoms with Gasteiger partial charge in [-0.05, 0) is 62.6 Å². The molecule has 162 valence electrons. The maximum absolute atomic E-state index is 12.9. The van der Waals surface area contributed by atoms with Crippen molar-refractivity contribution in [2.75, 3.05) is 30.8 Å². The van der Waals surface area contributed by atoms with Gasteiger partial charge in [-0.3, -0.25) is 9.10 Å². The molecule has 1 atom stereocenters. The van der Waals surface area contributed by atoms with Crippen LogP contribution in [-0.2, 0) is 10.0 Å². The highest BCUT2D eigenvalue weighted by Gasteiger charge is 2.28. The van der Waals surface area contributed by atoms with Crippen LogP contribution >= 0.6 is 0 Å². The summed E-state index contributed by atoms with van der Waals surface area (Å²) in [5.41, 5.74) is 2.58. The van der Waals surface area contributed by atoms with Gasteiger partial charge in [-0.1, -0.05) is 6.07 Å². The second-order valence-corrected chi connectivity index (χ2v) is 9.41. The van der Waals surface area contributed by atoms with Crippen molar-refractivity contribution < 1.29 is 22.7 Å². The number of anilines is 1. The highest BCUT2D eigenvalue weighted by molar-refractivity contribution is 7.92. The summed E-state index contributed by atoms with van der Waals surface area (Å²) in [7, 11) is -0.198. The van der Waals surface area contributed by atoms with Gasteiger partial charge >= 0.3 is 0 Å². The molecule has 1 aliphatic heterocycles. The van der Waals surface area contributed by atoms with E-state index in [0.717, 1.165) is 17.5 Å². The molecule has 3 rings (SSSR count). The summed E-state index contributed by atoms with van der Waals surface area (Å²) in [4.78, 5) is 12.9. The fraction of sp³-hybridized carbons (Fsp3) is 0.409. The van der Waals surface area contributed by atoms with Gasteiger partial charge in [0.25, 0.3) is 5.91 Å². The van der Waals surface area contributed by atoms with Gasteiger partial charge in [0, 0.05) is 17.7 Å². The third-order valence-corrected chi connectivity index (χ3v) is 7.20. The molecule has 2 aromatic carbocycles. The molecule has 1 fully saturated rings. The van der Waals surface area contributed by atoms with Crippen LogP contribution in [-0.4, -0.2) is 40.8 Å². The average molecular weight is 433 g/mol. The Balaban J connectivity index is 1.86. The van der Waals surface area contributed by atoms with Crippen molar-refractivity contribution in [2.24, 2.45) is 0 Å². The minimum atomic E-state index is -3.35. The van der Waals surface area contributed by atoms with E-state index in [1.165, 1.54) is 4.31 Å². The fourth-order valence-corrected chi connectivity index (χ4v) is 5.31. The van der Waals surface area contributed by atoms with Crippen LogP contribution in [0.25, 0.3) is 0 Å². The largest absolute Gasteiger partial charge is 0.497 e. The van der Waals surface area contributed by atoms with Crippen molar-refractivity contribution in [3.05, 3.63) is 53.1 Å². The number of benzene rings is 2. The second-order valence-electron chi connectivity index (χ2n) is 7.40. The molecule has 1 amide bonds. The first-order valence-corrected chi connectivity index (χ1v) is 11.5. The number of hydrogen-bond donors (Lipinski definition) is 1. The number of nitrogens with one attached hydrogen (secondary N) is 1. The van der Waals surface area contributed by atoms with Crippen LogP contribution in [0, 0.1) is 6.92 Å². The smallest absolute Gasteiger partial charge is 0.251 e. The van der Waals surface area contributed by atoms with Crippen molar-refractivity contribution in [3.8, 4) is 11.5 Å². The van der Waals surface area contributed by atoms with Crippen LogP contribution in [0.2, 0.25) is 0 Å². The number of sulfonamides is 1. The molecule has 2 aromatic rings. The zero-order valence-electron chi connectivity index (χ0n) is 17.8. The maximum atomic E-state index is 12.9. The summed E-state index contributed by atoms with van der Waals surface area (Å²) in [5.74, 6) is 1.16. The van der Waals surface area contributed by atoms with Crippen molar-refractivity contribution >= 4 is 21.6 Å². The van der Waals surface area contributed by atoms with E-state index in [2.05, 4.69) is 5.32 Å². The Hall–Kier alpha value is -2.74. The Morgan fingerprint density at radius 2 is 1.87 bits per heavy atom. The fourth-order valence-electron chi connectivity index (χ4n) is 3.61. The van der Waals surface area contributed by atoms with Gasteiger partial charge in [0.05, 0.1) is 31.7 Å². The zero-order valence-corrected chi connectivity index (χ0v) is 18.6. The standard InChI is InChI=1S/C22H28N2O5S/c1-15-7-8-17(13-20(15)24-11-5-6-12-30(24,26)27)22(25)23-16(2)19-14-18(28-3)9-10-21(19)29-4/h7-10,13-14,16H,5-6,11-12H2,1-4H3,(H,23,25)/t16-/m1/s1. The molecule has 7 nitrogen and oxygen atoms in total. The third-order valence-electron chi connectivity index (χ3n) is 5.34. The van der Waals surface area contributed by atoms with Gasteiger partial charge in [0.1, 0.15) is 11.5 Å². The SMILES string of the molecule is COc1ccc(OC)c([C@@H](C)NC(=O)c2ccc(C)c(N3CCCCS3(=O)=O)c2)c1. The van der Waals surface area contributed by atoms with Crippen molar-refractivity contribution in [3.63, 3.8) is 0 Å². The number of rotatable bonds is 6. The monoisotopic (exact) mass is 432 g/mol. The van der Waals surface area contributed by atoms with Gasteiger partial charge < -0.3 is 14.8 Å². The van der Waals surface area contributed by atoms with E-state index in [4.69, 9.17) is 9.47 Å². The normalized spacial score (nSPS) is 16.6. The maximum Gasteiger partial charge on any atom is 0.251 e. The summed E-state index contributed by atoms with van der Waals surface area (Å²) in [6, 6.07) is 10.2. The van der Waals surface area contributed by atoms with Crippen molar-refractivity contribution in [1.82, 2.24) is 5.32 Å². The number of aryl methyl sites for hydroxylation is 1. The Morgan fingerprint density at radius 3 is 2.53 bits per heavy atom. The van der Waals surface area contributed by atoms with E-state index in [-0.39, 0.29) is 17.7 Å². The first-order valence-electron chi connectivity index (χ1n) is 9.90. The summed E-state index contributed by atoms with van der Waals surface area (Å²) in [6.07, 6.45) is 1.47. The Kier molecular flexibility index (Phi) is 6.55. The molecule has 30 heavy (non-hydrogen) atoms. The molecular weight excluding hydrogens is 404 g/mol. The summed E-state index contributed by atoms with van der Waals surface area (Å²) in [5, 5.41) is 2.97. The molecule has 0 aliphatic carbocycles. The molecule has 1 N–H and O–H groups in total. The molecule has 1 heterocycles. The first kappa shape index (κ1) is 22.0. The highest BCUT2D eigenvalue weighted by atomic mass is 32.2. The summed E-state index contributed by atoms with van der Waals surface area (Å²) >= 11 is 0. The number of nitrogens with zero attached hydrogens (tertiary/aromatic N) is 1. The molecule has 0 radical (unpaired) electrons. The van der Waals surface area contributed by atoms with Crippen LogP contribution < -0.4 is 19.1 Å². The quantitative estimate of drug-likeness (QED) is 0.756. The van der Waals surface area contributed by atoms with Crippen LogP contribution in [0.15, 0.2) is 36.4 Å². The Labute approximate surface area is 178 Å². The molecule has 0 bridgehead atoms. The lowest BCUT2D eigenvalue weighted by Gasteiger charge is -2.30. The van der Waals surface area contributed by atoms with Gasteiger partial charge in [-0.2, -0.15) is 0 Å². The number of methoxy groups -OCH3 is 2. The van der Waals surface area contributed by atoms with E-state index in [0.29, 0.717) is 35.7 Å². The third kappa shape index (κ3) is 4.53. The average Bonchev–Trinajstić information content (AvgIpc) is 2.73. The van der Waals surface area contributed by atoms with E-state index in [9.17, 15) is 13.2 Å². The molecule has 0 saturated carbocycles. The number of carbonyl (C=O) groups excluding carboxylic acids is 1. The van der Waals surface area contributed by atoms with Gasteiger partial charge in [0.15, 0.2) is 0 Å². The Bertz CT molecular complexity index is 1040. The minimum Gasteiger partial charge on any atom is -0.497 e. The minimum absolute atomic E-state index is 0.134. The highest BCUT2D eigenvalue weighted by Crippen LogP contribution is 2.31. The second kappa shape index (κ2) is 8.95. The molecule has 0 aromatic heterocycles.